The van der Waals surface area contributed by atoms with Gasteiger partial charge in [-0.2, -0.15) is 0 Å². The molecule has 0 aromatic rings. The van der Waals surface area contributed by atoms with Gasteiger partial charge in [-0.25, -0.2) is 4.99 Å². The predicted octanol–water partition coefficient (Wildman–Crippen LogP) is 3.31. The average Bonchev–Trinajstić information content (AvgIpc) is 2.85. The zero-order valence-electron chi connectivity index (χ0n) is 15.5. The summed E-state index contributed by atoms with van der Waals surface area (Å²) in [7, 11) is 0. The van der Waals surface area contributed by atoms with Gasteiger partial charge in [0.25, 0.3) is 0 Å². The summed E-state index contributed by atoms with van der Waals surface area (Å²) in [6, 6.07) is 1.14. The molecule has 0 saturated carbocycles. The highest BCUT2D eigenvalue weighted by Gasteiger charge is 2.54. The van der Waals surface area contributed by atoms with Gasteiger partial charge < -0.3 is 19.7 Å². The smallest absolute Gasteiger partial charge is 0.199 e. The molecule has 5 heterocycles. The lowest BCUT2D eigenvalue weighted by Crippen LogP contribution is -2.68. The Morgan fingerprint density at radius 2 is 1.96 bits per heavy atom. The second-order valence-corrected chi connectivity index (χ2v) is 8.81. The van der Waals surface area contributed by atoms with Crippen molar-refractivity contribution in [1.29, 1.82) is 0 Å². The predicted molar refractivity (Wildman–Crippen MR) is 97.2 cm³/mol. The molecule has 0 aromatic carbocycles. The van der Waals surface area contributed by atoms with Crippen molar-refractivity contribution in [2.45, 2.75) is 107 Å². The van der Waals surface area contributed by atoms with Gasteiger partial charge >= 0.3 is 0 Å². The maximum atomic E-state index is 6.46. The van der Waals surface area contributed by atoms with Crippen LogP contribution in [-0.2, 0) is 9.47 Å². The Balaban J connectivity index is 1.49. The van der Waals surface area contributed by atoms with Gasteiger partial charge in [0.05, 0.1) is 12.2 Å². The van der Waals surface area contributed by atoms with Crippen molar-refractivity contribution in [3.63, 3.8) is 0 Å². The standard InChI is InChI=1S/C20H31N3O2/c1-14-6-3-4-10-19(24-14)12-16-8-9-17-13-20(11-5-7-15(2)25-20)22-18(21-19)23(16)17/h3,6,14-17H,4-5,7-13H2,1-2H3,(H,21,22)/t14-,15+,16?,17?,19-,20+/m0/s1. The van der Waals surface area contributed by atoms with Crippen LogP contribution in [0.3, 0.4) is 0 Å². The highest BCUT2D eigenvalue weighted by atomic mass is 16.5. The molecule has 5 heteroatoms. The number of guanidine groups is 1. The molecule has 2 spiro atoms. The Morgan fingerprint density at radius 1 is 1.12 bits per heavy atom. The maximum Gasteiger partial charge on any atom is 0.199 e. The fraction of sp³-hybridized carbons (Fsp3) is 0.850. The summed E-state index contributed by atoms with van der Waals surface area (Å²) in [5.74, 6) is 1.05. The largest absolute Gasteiger partial charge is 0.353 e. The molecule has 5 aliphatic heterocycles. The minimum Gasteiger partial charge on any atom is -0.353 e. The maximum absolute atomic E-state index is 6.46. The molecule has 138 valence electrons. The number of hydrogen-bond acceptors (Lipinski definition) is 5. The first kappa shape index (κ1) is 16.1. The summed E-state index contributed by atoms with van der Waals surface area (Å²) in [5, 5.41) is 3.76. The minimum absolute atomic E-state index is 0.138. The molecule has 0 amide bonds. The zero-order chi connectivity index (χ0) is 17.1. The molecule has 0 aliphatic carbocycles. The van der Waals surface area contributed by atoms with Gasteiger partial charge in [0, 0.05) is 31.3 Å². The van der Waals surface area contributed by atoms with E-state index in [9.17, 15) is 0 Å². The first-order valence-corrected chi connectivity index (χ1v) is 10.3. The van der Waals surface area contributed by atoms with E-state index in [-0.39, 0.29) is 17.6 Å². The molecule has 5 nitrogen and oxygen atoms in total. The lowest BCUT2D eigenvalue weighted by Gasteiger charge is -2.53. The number of nitrogens with zero attached hydrogens (tertiary/aromatic N) is 2. The summed E-state index contributed by atoms with van der Waals surface area (Å²) in [4.78, 5) is 7.77. The highest BCUT2D eigenvalue weighted by molar-refractivity contribution is 5.83. The van der Waals surface area contributed by atoms with Crippen molar-refractivity contribution in [1.82, 2.24) is 10.2 Å². The molecule has 2 unspecified atom stereocenters. The van der Waals surface area contributed by atoms with Gasteiger partial charge in [-0.3, -0.25) is 0 Å². The number of hydrogen-bond donors (Lipinski definition) is 1. The van der Waals surface area contributed by atoms with E-state index in [1.165, 1.54) is 25.7 Å². The van der Waals surface area contributed by atoms with E-state index < -0.39 is 0 Å². The van der Waals surface area contributed by atoms with Crippen LogP contribution in [0.15, 0.2) is 17.1 Å². The van der Waals surface area contributed by atoms with E-state index in [4.69, 9.17) is 14.5 Å². The first-order chi connectivity index (χ1) is 12.1. The molecule has 6 atom stereocenters. The van der Waals surface area contributed by atoms with Crippen molar-refractivity contribution < 1.29 is 9.47 Å². The second kappa shape index (κ2) is 5.71. The highest BCUT2D eigenvalue weighted by Crippen LogP contribution is 2.46. The van der Waals surface area contributed by atoms with Gasteiger partial charge in [-0.1, -0.05) is 12.2 Å². The Morgan fingerprint density at radius 3 is 2.80 bits per heavy atom. The Bertz CT molecular complexity index is 606. The molecule has 3 fully saturated rings. The second-order valence-electron chi connectivity index (χ2n) is 8.81. The number of nitrogens with one attached hydrogen (secondary N) is 1. The van der Waals surface area contributed by atoms with Gasteiger partial charge in [0.15, 0.2) is 11.7 Å². The van der Waals surface area contributed by atoms with Crippen LogP contribution in [0.5, 0.6) is 0 Å². The van der Waals surface area contributed by atoms with Crippen molar-refractivity contribution in [3.05, 3.63) is 12.2 Å². The zero-order valence-corrected chi connectivity index (χ0v) is 15.5. The summed E-state index contributed by atoms with van der Waals surface area (Å²) >= 11 is 0. The quantitative estimate of drug-likeness (QED) is 0.684. The fourth-order valence-corrected chi connectivity index (χ4v) is 5.79. The average molecular weight is 345 g/mol. The lowest BCUT2D eigenvalue weighted by atomic mass is 9.90. The molecular formula is C20H31N3O2. The molecule has 5 rings (SSSR count). The van der Waals surface area contributed by atoms with E-state index in [0.29, 0.717) is 18.2 Å². The number of rotatable bonds is 0. The fourth-order valence-electron chi connectivity index (χ4n) is 5.79. The number of ether oxygens (including phenoxy) is 2. The molecular weight excluding hydrogens is 314 g/mol. The van der Waals surface area contributed by atoms with Crippen LogP contribution >= 0.6 is 0 Å². The minimum atomic E-state index is -0.361. The van der Waals surface area contributed by atoms with Crippen LogP contribution in [0.4, 0.5) is 0 Å². The monoisotopic (exact) mass is 345 g/mol. The van der Waals surface area contributed by atoms with Crippen LogP contribution in [0, 0.1) is 0 Å². The Hall–Kier alpha value is -1.07. The molecule has 5 aliphatic rings. The van der Waals surface area contributed by atoms with Crippen molar-refractivity contribution >= 4 is 5.96 Å². The summed E-state index contributed by atoms with van der Waals surface area (Å²) < 4.78 is 12.9. The molecule has 3 saturated heterocycles. The number of allylic oxidation sites excluding steroid dienone is 1. The van der Waals surface area contributed by atoms with E-state index in [2.05, 4.69) is 36.2 Å². The topological polar surface area (TPSA) is 46.1 Å². The summed E-state index contributed by atoms with van der Waals surface area (Å²) in [6.45, 7) is 4.34. The van der Waals surface area contributed by atoms with Crippen LogP contribution in [0.1, 0.15) is 71.6 Å². The van der Waals surface area contributed by atoms with Crippen molar-refractivity contribution in [3.8, 4) is 0 Å². The molecule has 1 N–H and O–H groups in total. The Kier molecular flexibility index (Phi) is 3.69. The van der Waals surface area contributed by atoms with Crippen LogP contribution in [-0.4, -0.2) is 46.6 Å². The molecule has 25 heavy (non-hydrogen) atoms. The van der Waals surface area contributed by atoms with E-state index >= 15 is 0 Å². The van der Waals surface area contributed by atoms with Gasteiger partial charge in [-0.15, -0.1) is 0 Å². The normalized spacial score (nSPS) is 48.9. The van der Waals surface area contributed by atoms with Crippen LogP contribution < -0.4 is 5.32 Å². The van der Waals surface area contributed by atoms with Gasteiger partial charge in [0.2, 0.25) is 0 Å². The third kappa shape index (κ3) is 2.71. The van der Waals surface area contributed by atoms with E-state index in [1.807, 2.05) is 0 Å². The van der Waals surface area contributed by atoms with Crippen LogP contribution in [0.2, 0.25) is 0 Å². The third-order valence-electron chi connectivity index (χ3n) is 6.77. The lowest BCUT2D eigenvalue weighted by molar-refractivity contribution is -0.156. The summed E-state index contributed by atoms with van der Waals surface area (Å²) in [5.41, 5.74) is -0.570. The molecule has 0 aromatic heterocycles. The molecule has 0 radical (unpaired) electrons. The Labute approximate surface area is 150 Å². The van der Waals surface area contributed by atoms with Gasteiger partial charge in [0.1, 0.15) is 5.72 Å². The molecule has 0 bridgehead atoms. The van der Waals surface area contributed by atoms with Crippen molar-refractivity contribution in [2.24, 2.45) is 4.99 Å². The summed E-state index contributed by atoms with van der Waals surface area (Å²) in [6.07, 6.45) is 15.1. The van der Waals surface area contributed by atoms with E-state index in [0.717, 1.165) is 38.1 Å². The van der Waals surface area contributed by atoms with Crippen molar-refractivity contribution in [2.75, 3.05) is 0 Å². The van der Waals surface area contributed by atoms with Crippen LogP contribution in [0.25, 0.3) is 0 Å². The third-order valence-corrected chi connectivity index (χ3v) is 6.77. The van der Waals surface area contributed by atoms with Gasteiger partial charge in [-0.05, 0) is 52.4 Å². The number of aliphatic imine (C=N–C) groups is 1. The SMILES string of the molecule is C[C@@H]1CCC[C@]2(CC3CCC4C[C@@]5(CCC=C[C@H](C)O5)N=C(N2)N43)O1. The van der Waals surface area contributed by atoms with E-state index in [1.54, 1.807) is 0 Å². The first-order valence-electron chi connectivity index (χ1n) is 10.3.